The molecule has 3 heteroatoms. The summed E-state index contributed by atoms with van der Waals surface area (Å²) in [5.41, 5.74) is 2.30. The zero-order valence-electron chi connectivity index (χ0n) is 10.7. The minimum Gasteiger partial charge on any atom is -0.392 e. The zero-order valence-corrected chi connectivity index (χ0v) is 10.7. The van der Waals surface area contributed by atoms with E-state index in [4.69, 9.17) is 5.11 Å². The Hall–Kier alpha value is -0.900. The van der Waals surface area contributed by atoms with Crippen molar-refractivity contribution in [3.05, 3.63) is 35.4 Å². The number of nitrogens with zero attached hydrogens (tertiary/aromatic N) is 1. The maximum absolute atomic E-state index is 9.02. The molecular weight excluding hydrogens is 212 g/mol. The van der Waals surface area contributed by atoms with Gasteiger partial charge in [0.05, 0.1) is 6.61 Å². The molecule has 2 N–H and O–H groups in total. The molecule has 2 atom stereocenters. The maximum atomic E-state index is 9.02. The Morgan fingerprint density at radius 1 is 1.12 bits per heavy atom. The van der Waals surface area contributed by atoms with E-state index in [0.29, 0.717) is 12.1 Å². The van der Waals surface area contributed by atoms with Gasteiger partial charge in [0.1, 0.15) is 0 Å². The van der Waals surface area contributed by atoms with Gasteiger partial charge in [-0.25, -0.2) is 0 Å². The monoisotopic (exact) mass is 234 g/mol. The number of aliphatic hydroxyl groups excluding tert-OH is 1. The van der Waals surface area contributed by atoms with E-state index < -0.39 is 0 Å². The van der Waals surface area contributed by atoms with Crippen LogP contribution >= 0.6 is 0 Å². The van der Waals surface area contributed by atoms with Crippen LogP contribution in [-0.4, -0.2) is 35.2 Å². The van der Waals surface area contributed by atoms with E-state index in [9.17, 15) is 0 Å². The summed E-state index contributed by atoms with van der Waals surface area (Å²) in [6, 6.07) is 9.41. The van der Waals surface area contributed by atoms with E-state index in [1.54, 1.807) is 0 Å². The molecule has 0 spiro atoms. The molecule has 94 valence electrons. The number of benzene rings is 1. The topological polar surface area (TPSA) is 35.5 Å². The lowest BCUT2D eigenvalue weighted by molar-refractivity contribution is 0.109. The van der Waals surface area contributed by atoms with Crippen LogP contribution in [-0.2, 0) is 13.2 Å². The van der Waals surface area contributed by atoms with Crippen LogP contribution in [0.3, 0.4) is 0 Å². The summed E-state index contributed by atoms with van der Waals surface area (Å²) in [4.78, 5) is 2.53. The molecule has 1 saturated heterocycles. The van der Waals surface area contributed by atoms with E-state index in [0.717, 1.165) is 25.2 Å². The SMILES string of the molecule is CC1CNCC(C)N1Cc1ccc(CO)cc1. The third-order valence-electron chi connectivity index (χ3n) is 3.58. The fourth-order valence-electron chi connectivity index (χ4n) is 2.44. The number of piperazine rings is 1. The molecule has 0 aromatic heterocycles. The number of hydrogen-bond acceptors (Lipinski definition) is 3. The molecule has 1 aliphatic rings. The van der Waals surface area contributed by atoms with E-state index in [1.165, 1.54) is 5.56 Å². The Balaban J connectivity index is 2.03. The molecule has 0 radical (unpaired) electrons. The molecule has 3 nitrogen and oxygen atoms in total. The Morgan fingerprint density at radius 2 is 1.65 bits per heavy atom. The van der Waals surface area contributed by atoms with Crippen molar-refractivity contribution in [1.29, 1.82) is 0 Å². The van der Waals surface area contributed by atoms with Gasteiger partial charge in [-0.15, -0.1) is 0 Å². The molecule has 1 fully saturated rings. The molecule has 1 aliphatic heterocycles. The van der Waals surface area contributed by atoms with Gasteiger partial charge in [-0.3, -0.25) is 4.90 Å². The molecule has 0 bridgehead atoms. The third kappa shape index (κ3) is 3.06. The van der Waals surface area contributed by atoms with Crippen molar-refractivity contribution in [3.63, 3.8) is 0 Å². The molecule has 0 aliphatic carbocycles. The van der Waals surface area contributed by atoms with E-state index >= 15 is 0 Å². The second kappa shape index (κ2) is 5.63. The van der Waals surface area contributed by atoms with Gasteiger partial charge in [0, 0.05) is 31.7 Å². The minimum absolute atomic E-state index is 0.126. The van der Waals surface area contributed by atoms with E-state index in [-0.39, 0.29) is 6.61 Å². The fraction of sp³-hybridized carbons (Fsp3) is 0.571. The van der Waals surface area contributed by atoms with Crippen molar-refractivity contribution in [2.75, 3.05) is 13.1 Å². The summed E-state index contributed by atoms with van der Waals surface area (Å²) in [5, 5.41) is 12.5. The Morgan fingerprint density at radius 3 is 2.18 bits per heavy atom. The van der Waals surface area contributed by atoms with Gasteiger partial charge >= 0.3 is 0 Å². The van der Waals surface area contributed by atoms with Crippen LogP contribution in [0.15, 0.2) is 24.3 Å². The van der Waals surface area contributed by atoms with Gasteiger partial charge < -0.3 is 10.4 Å². The first-order valence-electron chi connectivity index (χ1n) is 6.36. The first-order valence-corrected chi connectivity index (χ1v) is 6.36. The van der Waals surface area contributed by atoms with Crippen LogP contribution < -0.4 is 5.32 Å². The molecule has 1 heterocycles. The molecule has 2 rings (SSSR count). The lowest BCUT2D eigenvalue weighted by Gasteiger charge is -2.39. The summed E-state index contributed by atoms with van der Waals surface area (Å²) in [5.74, 6) is 0. The van der Waals surface area contributed by atoms with E-state index in [2.05, 4.69) is 36.2 Å². The smallest absolute Gasteiger partial charge is 0.0681 e. The number of nitrogens with one attached hydrogen (secondary N) is 1. The normalized spacial score (nSPS) is 26.1. The molecule has 0 saturated carbocycles. The van der Waals surface area contributed by atoms with Crippen molar-refractivity contribution in [3.8, 4) is 0 Å². The lowest BCUT2D eigenvalue weighted by atomic mass is 10.1. The summed E-state index contributed by atoms with van der Waals surface area (Å²) in [6.07, 6.45) is 0. The van der Waals surface area contributed by atoms with Gasteiger partial charge in [0.2, 0.25) is 0 Å². The Bertz CT molecular complexity index is 340. The van der Waals surface area contributed by atoms with Crippen LogP contribution in [0, 0.1) is 0 Å². The van der Waals surface area contributed by atoms with Gasteiger partial charge in [-0.2, -0.15) is 0 Å². The summed E-state index contributed by atoms with van der Waals surface area (Å²) in [6.45, 7) is 7.80. The first-order chi connectivity index (χ1) is 8.20. The Labute approximate surface area is 103 Å². The van der Waals surface area contributed by atoms with Crippen molar-refractivity contribution < 1.29 is 5.11 Å². The van der Waals surface area contributed by atoms with Crippen LogP contribution in [0.4, 0.5) is 0 Å². The highest BCUT2D eigenvalue weighted by molar-refractivity contribution is 5.22. The maximum Gasteiger partial charge on any atom is 0.0681 e. The summed E-state index contributed by atoms with van der Waals surface area (Å²) >= 11 is 0. The quantitative estimate of drug-likeness (QED) is 0.829. The molecule has 2 unspecified atom stereocenters. The summed E-state index contributed by atoms with van der Waals surface area (Å²) < 4.78 is 0. The molecule has 1 aromatic carbocycles. The highest BCUT2D eigenvalue weighted by Crippen LogP contribution is 2.15. The first kappa shape index (κ1) is 12.6. The highest BCUT2D eigenvalue weighted by Gasteiger charge is 2.23. The Kier molecular flexibility index (Phi) is 4.15. The van der Waals surface area contributed by atoms with Gasteiger partial charge in [-0.05, 0) is 25.0 Å². The van der Waals surface area contributed by atoms with Crippen molar-refractivity contribution in [1.82, 2.24) is 10.2 Å². The fourth-order valence-corrected chi connectivity index (χ4v) is 2.44. The van der Waals surface area contributed by atoms with Gasteiger partial charge in [-0.1, -0.05) is 24.3 Å². The summed E-state index contributed by atoms with van der Waals surface area (Å²) in [7, 11) is 0. The molecule has 17 heavy (non-hydrogen) atoms. The van der Waals surface area contributed by atoms with Gasteiger partial charge in [0.15, 0.2) is 0 Å². The lowest BCUT2D eigenvalue weighted by Crippen LogP contribution is -2.54. The minimum atomic E-state index is 0.126. The molecule has 0 amide bonds. The van der Waals surface area contributed by atoms with Crippen LogP contribution in [0.5, 0.6) is 0 Å². The van der Waals surface area contributed by atoms with Crippen molar-refractivity contribution in [2.45, 2.75) is 39.1 Å². The van der Waals surface area contributed by atoms with E-state index in [1.807, 2.05) is 12.1 Å². The van der Waals surface area contributed by atoms with Crippen LogP contribution in [0.1, 0.15) is 25.0 Å². The van der Waals surface area contributed by atoms with Crippen molar-refractivity contribution in [2.24, 2.45) is 0 Å². The highest BCUT2D eigenvalue weighted by atomic mass is 16.3. The zero-order chi connectivity index (χ0) is 12.3. The van der Waals surface area contributed by atoms with Crippen molar-refractivity contribution >= 4 is 0 Å². The number of hydrogen-bond donors (Lipinski definition) is 2. The largest absolute Gasteiger partial charge is 0.392 e. The van der Waals surface area contributed by atoms with Gasteiger partial charge in [0.25, 0.3) is 0 Å². The van der Waals surface area contributed by atoms with Crippen LogP contribution in [0.25, 0.3) is 0 Å². The third-order valence-corrected chi connectivity index (χ3v) is 3.58. The second-order valence-corrected chi connectivity index (χ2v) is 5.00. The standard InChI is InChI=1S/C14H22N2O/c1-11-7-15-8-12(2)16(11)9-13-3-5-14(10-17)6-4-13/h3-6,11-12,15,17H,7-10H2,1-2H3. The molecular formula is C14H22N2O. The predicted octanol–water partition coefficient (Wildman–Crippen LogP) is 1.36. The second-order valence-electron chi connectivity index (χ2n) is 5.00. The molecule has 1 aromatic rings. The van der Waals surface area contributed by atoms with Crippen LogP contribution in [0.2, 0.25) is 0 Å². The average Bonchev–Trinajstić information content (AvgIpc) is 2.35. The average molecular weight is 234 g/mol. The number of aliphatic hydroxyl groups is 1. The number of rotatable bonds is 3. The predicted molar refractivity (Wildman–Crippen MR) is 69.7 cm³/mol.